The molecular weight excluding hydrogens is 231 g/mol. The molecule has 106 valence electrons. The van der Waals surface area contributed by atoms with Gasteiger partial charge in [-0.1, -0.05) is 12.8 Å². The van der Waals surface area contributed by atoms with Gasteiger partial charge in [0, 0.05) is 12.1 Å². The van der Waals surface area contributed by atoms with E-state index < -0.39 is 18.8 Å². The number of unbranched alkanes of at least 4 members (excludes halogenated alkanes) is 1. The summed E-state index contributed by atoms with van der Waals surface area (Å²) < 4.78 is 0. The first-order valence-corrected chi connectivity index (χ1v) is 6.97. The maximum Gasteiger partial charge on any atom is 0.451 e. The predicted molar refractivity (Wildman–Crippen MR) is 73.0 cm³/mol. The molecule has 1 aliphatic heterocycles. The second-order valence-corrected chi connectivity index (χ2v) is 5.78. The van der Waals surface area contributed by atoms with E-state index in [4.69, 9.17) is 15.8 Å². The highest BCUT2D eigenvalue weighted by Gasteiger charge is 2.34. The van der Waals surface area contributed by atoms with Gasteiger partial charge in [0.25, 0.3) is 0 Å². The highest BCUT2D eigenvalue weighted by Crippen LogP contribution is 2.25. The van der Waals surface area contributed by atoms with Crippen molar-refractivity contribution < 1.29 is 15.2 Å². The maximum atomic E-state index is 10.3. The van der Waals surface area contributed by atoms with E-state index in [2.05, 4.69) is 5.32 Å². The highest BCUT2D eigenvalue weighted by atomic mass is 16.4. The number of hydrogen-bond acceptors (Lipinski definition) is 5. The van der Waals surface area contributed by atoms with Gasteiger partial charge in [-0.15, -0.1) is 0 Å². The molecule has 3 unspecified atom stereocenters. The normalized spacial score (nSPS) is 25.5. The lowest BCUT2D eigenvalue weighted by Crippen LogP contribution is -2.54. The Bertz CT molecular complexity index is 233. The smallest absolute Gasteiger partial charge is 0.427 e. The summed E-state index contributed by atoms with van der Waals surface area (Å²) in [5.74, 6) is 0.234. The molecule has 0 spiro atoms. The highest BCUT2D eigenvalue weighted by molar-refractivity contribution is 6.40. The van der Waals surface area contributed by atoms with Gasteiger partial charge in [-0.2, -0.15) is 0 Å². The van der Waals surface area contributed by atoms with Crippen LogP contribution in [0.2, 0.25) is 6.32 Å². The fourth-order valence-corrected chi connectivity index (χ4v) is 2.67. The van der Waals surface area contributed by atoms with Gasteiger partial charge in [0.05, 0.1) is 6.10 Å². The summed E-state index contributed by atoms with van der Waals surface area (Å²) in [6.07, 6.45) is 4.23. The third-order valence-corrected chi connectivity index (χ3v) is 3.88. The SMILES string of the molecule is CC(N)(CCCCB(O)O)C(O)C1CCCNC1. The van der Waals surface area contributed by atoms with E-state index in [0.29, 0.717) is 12.7 Å². The van der Waals surface area contributed by atoms with E-state index in [-0.39, 0.29) is 5.92 Å². The van der Waals surface area contributed by atoms with Crippen LogP contribution in [0, 0.1) is 5.92 Å². The second kappa shape index (κ2) is 7.45. The van der Waals surface area contributed by atoms with Gasteiger partial charge in [0.15, 0.2) is 0 Å². The van der Waals surface area contributed by atoms with Crippen molar-refractivity contribution in [1.82, 2.24) is 5.32 Å². The van der Waals surface area contributed by atoms with Crippen molar-refractivity contribution in [3.8, 4) is 0 Å². The summed E-state index contributed by atoms with van der Waals surface area (Å²) in [5.41, 5.74) is 5.61. The van der Waals surface area contributed by atoms with Crippen molar-refractivity contribution in [3.63, 3.8) is 0 Å². The Balaban J connectivity index is 2.31. The molecule has 1 rings (SSSR count). The maximum absolute atomic E-state index is 10.3. The van der Waals surface area contributed by atoms with Crippen LogP contribution in [0.4, 0.5) is 0 Å². The van der Waals surface area contributed by atoms with Gasteiger partial charge in [-0.05, 0) is 45.0 Å². The van der Waals surface area contributed by atoms with Gasteiger partial charge in [-0.3, -0.25) is 0 Å². The van der Waals surface area contributed by atoms with Crippen LogP contribution in [-0.4, -0.2) is 47.0 Å². The van der Waals surface area contributed by atoms with Gasteiger partial charge in [0.1, 0.15) is 0 Å². The first-order chi connectivity index (χ1) is 8.43. The summed E-state index contributed by atoms with van der Waals surface area (Å²) in [6, 6.07) is 0. The minimum absolute atomic E-state index is 0.234. The molecule has 0 aromatic heterocycles. The van der Waals surface area contributed by atoms with Crippen molar-refractivity contribution in [1.29, 1.82) is 0 Å². The first kappa shape index (κ1) is 15.9. The summed E-state index contributed by atoms with van der Waals surface area (Å²) >= 11 is 0. The van der Waals surface area contributed by atoms with Crippen molar-refractivity contribution >= 4 is 7.12 Å². The molecule has 6 N–H and O–H groups in total. The lowest BCUT2D eigenvalue weighted by atomic mass is 9.78. The van der Waals surface area contributed by atoms with E-state index in [1.54, 1.807) is 0 Å². The predicted octanol–water partition coefficient (Wildman–Crippen LogP) is -0.293. The summed E-state index contributed by atoms with van der Waals surface area (Å²) in [5, 5.41) is 31.2. The van der Waals surface area contributed by atoms with E-state index in [1.165, 1.54) is 0 Å². The lowest BCUT2D eigenvalue weighted by Gasteiger charge is -2.38. The van der Waals surface area contributed by atoms with Crippen LogP contribution < -0.4 is 11.1 Å². The molecule has 0 radical (unpaired) electrons. The first-order valence-electron chi connectivity index (χ1n) is 6.97. The van der Waals surface area contributed by atoms with Crippen LogP contribution in [0.5, 0.6) is 0 Å². The molecule has 0 saturated carbocycles. The zero-order valence-corrected chi connectivity index (χ0v) is 11.3. The third kappa shape index (κ3) is 5.24. The van der Waals surface area contributed by atoms with E-state index in [1.807, 2.05) is 6.92 Å². The number of aliphatic hydroxyl groups excluding tert-OH is 1. The van der Waals surface area contributed by atoms with Crippen LogP contribution in [-0.2, 0) is 0 Å². The number of piperidine rings is 1. The average Bonchev–Trinajstić information content (AvgIpc) is 2.34. The minimum Gasteiger partial charge on any atom is -0.427 e. The Kier molecular flexibility index (Phi) is 6.59. The molecule has 0 aromatic carbocycles. The molecule has 0 amide bonds. The van der Waals surface area contributed by atoms with Crippen molar-refractivity contribution in [2.24, 2.45) is 11.7 Å². The summed E-state index contributed by atoms with van der Waals surface area (Å²) in [6.45, 7) is 3.75. The molecule has 0 bridgehead atoms. The molecule has 0 aromatic rings. The van der Waals surface area contributed by atoms with Crippen LogP contribution >= 0.6 is 0 Å². The molecule has 3 atom stereocenters. The molecule has 0 aliphatic carbocycles. The molecular formula is C12H27BN2O3. The van der Waals surface area contributed by atoms with Crippen molar-refractivity contribution in [3.05, 3.63) is 0 Å². The molecule has 1 heterocycles. The van der Waals surface area contributed by atoms with Gasteiger partial charge >= 0.3 is 7.12 Å². The van der Waals surface area contributed by atoms with E-state index in [0.717, 1.165) is 38.8 Å². The monoisotopic (exact) mass is 258 g/mol. The summed E-state index contributed by atoms with van der Waals surface area (Å²) in [7, 11) is -1.23. The average molecular weight is 258 g/mol. The van der Waals surface area contributed by atoms with Crippen LogP contribution in [0.15, 0.2) is 0 Å². The third-order valence-electron chi connectivity index (χ3n) is 3.88. The number of nitrogens with two attached hydrogens (primary N) is 1. The standard InChI is InChI=1S/C12H27BN2O3/c1-12(14,6-2-3-7-13(17)18)11(16)10-5-4-8-15-9-10/h10-11,15-18H,2-9,14H2,1H3. The number of hydrogen-bond donors (Lipinski definition) is 5. The molecule has 6 heteroatoms. The van der Waals surface area contributed by atoms with E-state index in [9.17, 15) is 5.11 Å². The number of aliphatic hydroxyl groups is 1. The van der Waals surface area contributed by atoms with Crippen LogP contribution in [0.1, 0.15) is 39.0 Å². The zero-order chi connectivity index (χ0) is 13.6. The zero-order valence-electron chi connectivity index (χ0n) is 11.3. The Labute approximate surface area is 110 Å². The van der Waals surface area contributed by atoms with Crippen molar-refractivity contribution in [2.45, 2.75) is 57.0 Å². The van der Waals surface area contributed by atoms with Crippen LogP contribution in [0.25, 0.3) is 0 Å². The lowest BCUT2D eigenvalue weighted by molar-refractivity contribution is 0.0244. The van der Waals surface area contributed by atoms with Crippen molar-refractivity contribution in [2.75, 3.05) is 13.1 Å². The summed E-state index contributed by atoms with van der Waals surface area (Å²) in [4.78, 5) is 0. The molecule has 1 fully saturated rings. The topological polar surface area (TPSA) is 98.7 Å². The quantitative estimate of drug-likeness (QED) is 0.319. The number of rotatable bonds is 7. The second-order valence-electron chi connectivity index (χ2n) is 5.78. The fraction of sp³-hybridized carbons (Fsp3) is 1.00. The minimum atomic E-state index is -1.23. The Morgan fingerprint density at radius 2 is 2.17 bits per heavy atom. The molecule has 5 nitrogen and oxygen atoms in total. The molecule has 1 saturated heterocycles. The molecule has 1 aliphatic rings. The van der Waals surface area contributed by atoms with Gasteiger partial charge in [-0.25, -0.2) is 0 Å². The molecule has 18 heavy (non-hydrogen) atoms. The fourth-order valence-electron chi connectivity index (χ4n) is 2.67. The number of nitrogens with one attached hydrogen (secondary N) is 1. The van der Waals surface area contributed by atoms with Gasteiger partial charge < -0.3 is 26.2 Å². The Morgan fingerprint density at radius 3 is 2.72 bits per heavy atom. The largest absolute Gasteiger partial charge is 0.451 e. The van der Waals surface area contributed by atoms with E-state index >= 15 is 0 Å². The Hall–Kier alpha value is -0.135. The Morgan fingerprint density at radius 1 is 1.44 bits per heavy atom. The van der Waals surface area contributed by atoms with Gasteiger partial charge in [0.2, 0.25) is 0 Å². The van der Waals surface area contributed by atoms with Crippen LogP contribution in [0.3, 0.4) is 0 Å².